The molecule has 0 bridgehead atoms. The number of nitrogens with zero attached hydrogens (tertiary/aromatic N) is 2. The molecule has 0 atom stereocenters. The number of nitrogens with two attached hydrogens (primary N) is 1. The lowest BCUT2D eigenvalue weighted by Gasteiger charge is -2.13. The number of aromatic amines is 1. The monoisotopic (exact) mass is 306 g/mol. The number of H-pyrrole nitrogens is 1. The summed E-state index contributed by atoms with van der Waals surface area (Å²) in [6, 6.07) is 2.99. The molecule has 2 rings (SSSR count). The van der Waals surface area contributed by atoms with Crippen molar-refractivity contribution in [2.24, 2.45) is 5.73 Å². The van der Waals surface area contributed by atoms with E-state index in [4.69, 9.17) is 19.9 Å². The molecule has 1 amide bonds. The summed E-state index contributed by atoms with van der Waals surface area (Å²) >= 11 is 0. The summed E-state index contributed by atoms with van der Waals surface area (Å²) in [6.45, 7) is 0. The van der Waals surface area contributed by atoms with Crippen LogP contribution in [0.15, 0.2) is 12.1 Å². The number of nitrogens with one attached hydrogen (secondary N) is 1. The summed E-state index contributed by atoms with van der Waals surface area (Å²) in [6.07, 6.45) is 0. The summed E-state index contributed by atoms with van der Waals surface area (Å²) in [5.41, 5.74) is 5.57. The third-order valence-corrected chi connectivity index (χ3v) is 2.95. The molecule has 0 fully saturated rings. The fourth-order valence-electron chi connectivity index (χ4n) is 1.96. The molecule has 2 aromatic rings. The maximum Gasteiger partial charge on any atom is 0.338 e. The van der Waals surface area contributed by atoms with Crippen molar-refractivity contribution in [2.45, 2.75) is 0 Å². The minimum absolute atomic E-state index is 0.0902. The van der Waals surface area contributed by atoms with Crippen molar-refractivity contribution in [1.82, 2.24) is 15.4 Å². The van der Waals surface area contributed by atoms with Crippen molar-refractivity contribution < 1.29 is 23.8 Å². The molecule has 1 aromatic heterocycles. The summed E-state index contributed by atoms with van der Waals surface area (Å²) in [5, 5.41) is 9.87. The molecular weight excluding hydrogens is 292 g/mol. The number of esters is 1. The molecule has 1 heterocycles. The van der Waals surface area contributed by atoms with E-state index in [9.17, 15) is 9.59 Å². The molecule has 0 spiro atoms. The van der Waals surface area contributed by atoms with Gasteiger partial charge in [-0.2, -0.15) is 15.4 Å². The van der Waals surface area contributed by atoms with Gasteiger partial charge in [0.1, 0.15) is 17.2 Å². The summed E-state index contributed by atoms with van der Waals surface area (Å²) in [5.74, 6) is -0.802. The van der Waals surface area contributed by atoms with Crippen LogP contribution in [0.1, 0.15) is 20.8 Å². The minimum atomic E-state index is -0.794. The first-order valence-electron chi connectivity index (χ1n) is 6.08. The molecule has 0 unspecified atom stereocenters. The zero-order valence-electron chi connectivity index (χ0n) is 12.2. The van der Waals surface area contributed by atoms with Crippen LogP contribution in [0.4, 0.5) is 0 Å². The van der Waals surface area contributed by atoms with Crippen LogP contribution in [0.2, 0.25) is 0 Å². The lowest BCUT2D eigenvalue weighted by Crippen LogP contribution is -2.14. The topological polar surface area (TPSA) is 129 Å². The number of hydrogen-bond acceptors (Lipinski definition) is 7. The SMILES string of the molecule is COC(=O)c1cc(OC)cc(OC)c1-c1n[nH]nc1C(N)=O. The van der Waals surface area contributed by atoms with E-state index in [-0.39, 0.29) is 28.3 Å². The average molecular weight is 306 g/mol. The first kappa shape index (κ1) is 15.3. The van der Waals surface area contributed by atoms with Crippen LogP contribution in [0.25, 0.3) is 11.3 Å². The number of primary amides is 1. The highest BCUT2D eigenvalue weighted by Crippen LogP contribution is 2.37. The molecule has 9 nitrogen and oxygen atoms in total. The zero-order chi connectivity index (χ0) is 16.3. The van der Waals surface area contributed by atoms with Gasteiger partial charge >= 0.3 is 5.97 Å². The van der Waals surface area contributed by atoms with Crippen molar-refractivity contribution in [1.29, 1.82) is 0 Å². The summed E-state index contributed by atoms with van der Waals surface area (Å²) < 4.78 is 15.1. The van der Waals surface area contributed by atoms with Crippen LogP contribution in [-0.2, 0) is 4.74 Å². The number of carbonyl (C=O) groups is 2. The molecule has 1 aromatic carbocycles. The Morgan fingerprint density at radius 3 is 2.41 bits per heavy atom. The highest BCUT2D eigenvalue weighted by molar-refractivity contribution is 6.04. The van der Waals surface area contributed by atoms with Gasteiger partial charge in [-0.3, -0.25) is 4.79 Å². The number of carbonyl (C=O) groups excluding carboxylic acids is 2. The van der Waals surface area contributed by atoms with Gasteiger partial charge in [0, 0.05) is 6.07 Å². The Hall–Kier alpha value is -3.10. The molecule has 0 aliphatic rings. The van der Waals surface area contributed by atoms with Crippen molar-refractivity contribution in [2.75, 3.05) is 21.3 Å². The van der Waals surface area contributed by atoms with E-state index in [0.717, 1.165) is 0 Å². The molecule has 116 valence electrons. The maximum absolute atomic E-state index is 12.0. The van der Waals surface area contributed by atoms with Crippen LogP contribution in [0.3, 0.4) is 0 Å². The summed E-state index contributed by atoms with van der Waals surface area (Å²) in [4.78, 5) is 23.5. The van der Waals surface area contributed by atoms with Crippen molar-refractivity contribution >= 4 is 11.9 Å². The van der Waals surface area contributed by atoms with E-state index < -0.39 is 11.9 Å². The molecule has 0 radical (unpaired) electrons. The Balaban J connectivity index is 2.79. The third kappa shape index (κ3) is 2.55. The van der Waals surface area contributed by atoms with E-state index in [2.05, 4.69) is 15.4 Å². The Bertz CT molecular complexity index is 725. The average Bonchev–Trinajstić information content (AvgIpc) is 3.02. The van der Waals surface area contributed by atoms with Gasteiger partial charge in [0.25, 0.3) is 5.91 Å². The second-order valence-electron chi connectivity index (χ2n) is 4.13. The van der Waals surface area contributed by atoms with E-state index in [1.807, 2.05) is 0 Å². The van der Waals surface area contributed by atoms with Crippen LogP contribution in [0.5, 0.6) is 11.5 Å². The standard InChI is InChI=1S/C13H14N4O5/c1-20-6-4-7(13(19)22-3)9(8(5-6)21-2)10-11(12(14)18)16-17-15-10/h4-5H,1-3H3,(H2,14,18)(H,15,16,17). The second kappa shape index (κ2) is 6.12. The highest BCUT2D eigenvalue weighted by Gasteiger charge is 2.26. The largest absolute Gasteiger partial charge is 0.497 e. The number of aromatic nitrogens is 3. The van der Waals surface area contributed by atoms with Gasteiger partial charge in [-0.05, 0) is 6.07 Å². The third-order valence-electron chi connectivity index (χ3n) is 2.95. The van der Waals surface area contributed by atoms with Gasteiger partial charge in [0.05, 0.1) is 32.5 Å². The number of benzene rings is 1. The molecule has 3 N–H and O–H groups in total. The molecule has 0 saturated carbocycles. The van der Waals surface area contributed by atoms with E-state index >= 15 is 0 Å². The lowest BCUT2D eigenvalue weighted by atomic mass is 10.0. The highest BCUT2D eigenvalue weighted by atomic mass is 16.5. The Kier molecular flexibility index (Phi) is 4.25. The first-order valence-corrected chi connectivity index (χ1v) is 6.08. The minimum Gasteiger partial charge on any atom is -0.497 e. The quantitative estimate of drug-likeness (QED) is 0.763. The van der Waals surface area contributed by atoms with Crippen LogP contribution in [0, 0.1) is 0 Å². The fourth-order valence-corrected chi connectivity index (χ4v) is 1.96. The molecule has 9 heteroatoms. The van der Waals surface area contributed by atoms with Gasteiger partial charge < -0.3 is 19.9 Å². The zero-order valence-corrected chi connectivity index (χ0v) is 12.2. The van der Waals surface area contributed by atoms with Crippen molar-refractivity contribution in [3.8, 4) is 22.8 Å². The normalized spacial score (nSPS) is 10.1. The second-order valence-corrected chi connectivity index (χ2v) is 4.13. The smallest absolute Gasteiger partial charge is 0.338 e. The predicted octanol–water partition coefficient (Wildman–Crippen LogP) is 0.374. The van der Waals surface area contributed by atoms with Crippen LogP contribution < -0.4 is 15.2 Å². The Labute approximate surface area is 125 Å². The van der Waals surface area contributed by atoms with Gasteiger partial charge in [0.2, 0.25) is 0 Å². The van der Waals surface area contributed by atoms with Gasteiger partial charge in [-0.1, -0.05) is 0 Å². The van der Waals surface area contributed by atoms with Crippen LogP contribution >= 0.6 is 0 Å². The number of methoxy groups -OCH3 is 3. The van der Waals surface area contributed by atoms with E-state index in [1.54, 1.807) is 6.07 Å². The summed E-state index contributed by atoms with van der Waals surface area (Å²) in [7, 11) is 4.08. The number of amides is 1. The molecular formula is C13H14N4O5. The predicted molar refractivity (Wildman–Crippen MR) is 74.8 cm³/mol. The van der Waals surface area contributed by atoms with E-state index in [0.29, 0.717) is 5.75 Å². The maximum atomic E-state index is 12.0. The number of rotatable bonds is 5. The lowest BCUT2D eigenvalue weighted by molar-refractivity contribution is 0.0600. The van der Waals surface area contributed by atoms with Gasteiger partial charge in [-0.15, -0.1) is 0 Å². The Morgan fingerprint density at radius 1 is 1.14 bits per heavy atom. The van der Waals surface area contributed by atoms with Crippen molar-refractivity contribution in [3.05, 3.63) is 23.4 Å². The fraction of sp³-hybridized carbons (Fsp3) is 0.231. The Morgan fingerprint density at radius 2 is 1.86 bits per heavy atom. The van der Waals surface area contributed by atoms with Crippen LogP contribution in [-0.4, -0.2) is 48.6 Å². The first-order chi connectivity index (χ1) is 10.5. The van der Waals surface area contributed by atoms with Crippen molar-refractivity contribution in [3.63, 3.8) is 0 Å². The number of ether oxygens (including phenoxy) is 3. The van der Waals surface area contributed by atoms with Gasteiger partial charge in [0.15, 0.2) is 5.69 Å². The number of hydrogen-bond donors (Lipinski definition) is 2. The van der Waals surface area contributed by atoms with Gasteiger partial charge in [-0.25, -0.2) is 4.79 Å². The molecule has 22 heavy (non-hydrogen) atoms. The molecule has 0 saturated heterocycles. The van der Waals surface area contributed by atoms with E-state index in [1.165, 1.54) is 27.4 Å². The molecule has 0 aliphatic carbocycles. The molecule has 0 aliphatic heterocycles.